The summed E-state index contributed by atoms with van der Waals surface area (Å²) in [7, 11) is 0. The van der Waals surface area contributed by atoms with Crippen LogP contribution in [0.25, 0.3) is 0 Å². The van der Waals surface area contributed by atoms with Gasteiger partial charge in [-0.1, -0.05) is 0 Å². The third-order valence-electron chi connectivity index (χ3n) is 4.33. The van der Waals surface area contributed by atoms with Crippen LogP contribution in [0.3, 0.4) is 0 Å². The molecule has 1 fully saturated rings. The van der Waals surface area contributed by atoms with Gasteiger partial charge in [0.05, 0.1) is 6.26 Å². The average Bonchev–Trinajstić information content (AvgIpc) is 3.11. The van der Waals surface area contributed by atoms with Crippen molar-refractivity contribution < 1.29 is 18.4 Å². The minimum Gasteiger partial charge on any atom is -0.459 e. The maximum absolute atomic E-state index is 13.1. The minimum atomic E-state index is -0.324. The molecule has 1 aliphatic heterocycles. The van der Waals surface area contributed by atoms with Crippen molar-refractivity contribution in [2.45, 2.75) is 19.8 Å². The number of halogens is 1. The second-order valence-electron chi connectivity index (χ2n) is 5.99. The lowest BCUT2D eigenvalue weighted by molar-refractivity contribution is -0.121. The van der Waals surface area contributed by atoms with Crippen molar-refractivity contribution in [3.8, 4) is 0 Å². The summed E-state index contributed by atoms with van der Waals surface area (Å²) in [5, 5.41) is 2.85. The van der Waals surface area contributed by atoms with Gasteiger partial charge in [-0.15, -0.1) is 0 Å². The van der Waals surface area contributed by atoms with Gasteiger partial charge in [-0.3, -0.25) is 9.59 Å². The monoisotopic (exact) mass is 330 g/mol. The summed E-state index contributed by atoms with van der Waals surface area (Å²) in [6.07, 6.45) is 2.66. The first-order valence-corrected chi connectivity index (χ1v) is 7.94. The maximum Gasteiger partial charge on any atom is 0.289 e. The van der Waals surface area contributed by atoms with Crippen molar-refractivity contribution in [2.24, 2.45) is 5.92 Å². The van der Waals surface area contributed by atoms with Crippen LogP contribution in [-0.4, -0.2) is 29.8 Å². The fourth-order valence-electron chi connectivity index (χ4n) is 2.90. The van der Waals surface area contributed by atoms with Gasteiger partial charge in [0.25, 0.3) is 5.91 Å². The van der Waals surface area contributed by atoms with Crippen molar-refractivity contribution in [3.05, 3.63) is 53.7 Å². The SMILES string of the molecule is Cc1cc(F)ccc1NC(=O)C1CCN(C(=O)c2ccco2)CC1. The van der Waals surface area contributed by atoms with E-state index >= 15 is 0 Å². The predicted molar refractivity (Wildman–Crippen MR) is 87.1 cm³/mol. The molecule has 0 bridgehead atoms. The Morgan fingerprint density at radius 3 is 2.62 bits per heavy atom. The molecule has 1 saturated heterocycles. The smallest absolute Gasteiger partial charge is 0.289 e. The summed E-state index contributed by atoms with van der Waals surface area (Å²) < 4.78 is 18.2. The molecular weight excluding hydrogens is 311 g/mol. The number of nitrogens with one attached hydrogen (secondary N) is 1. The fourth-order valence-corrected chi connectivity index (χ4v) is 2.90. The second kappa shape index (κ2) is 6.86. The summed E-state index contributed by atoms with van der Waals surface area (Å²) in [6.45, 7) is 2.78. The van der Waals surface area contributed by atoms with Crippen molar-refractivity contribution in [1.29, 1.82) is 0 Å². The zero-order valence-corrected chi connectivity index (χ0v) is 13.4. The first-order valence-electron chi connectivity index (χ1n) is 7.94. The molecule has 0 atom stereocenters. The van der Waals surface area contributed by atoms with E-state index in [2.05, 4.69) is 5.32 Å². The van der Waals surface area contributed by atoms with Crippen LogP contribution >= 0.6 is 0 Å². The van der Waals surface area contributed by atoms with E-state index in [0.717, 1.165) is 0 Å². The van der Waals surface area contributed by atoms with E-state index in [1.165, 1.54) is 18.4 Å². The summed E-state index contributed by atoms with van der Waals surface area (Å²) in [5.41, 5.74) is 1.31. The van der Waals surface area contributed by atoms with E-state index in [0.29, 0.717) is 42.9 Å². The number of aryl methyl sites for hydroxylation is 1. The normalized spacial score (nSPS) is 15.3. The molecule has 2 amide bonds. The summed E-state index contributed by atoms with van der Waals surface area (Å²) in [6, 6.07) is 7.60. The lowest BCUT2D eigenvalue weighted by Crippen LogP contribution is -2.41. The molecule has 2 aromatic rings. The van der Waals surface area contributed by atoms with Crippen LogP contribution in [0.1, 0.15) is 29.0 Å². The Hall–Kier alpha value is -2.63. The Morgan fingerprint density at radius 1 is 1.25 bits per heavy atom. The third kappa shape index (κ3) is 3.48. The molecule has 0 unspecified atom stereocenters. The fraction of sp³-hybridized carbons (Fsp3) is 0.333. The molecule has 1 N–H and O–H groups in total. The molecule has 3 rings (SSSR count). The van der Waals surface area contributed by atoms with Gasteiger partial charge in [-0.25, -0.2) is 4.39 Å². The van der Waals surface area contributed by atoms with Crippen molar-refractivity contribution in [1.82, 2.24) is 4.90 Å². The maximum atomic E-state index is 13.1. The molecule has 1 aliphatic rings. The molecule has 1 aromatic heterocycles. The van der Waals surface area contributed by atoms with E-state index in [1.807, 2.05) is 0 Å². The Morgan fingerprint density at radius 2 is 2.00 bits per heavy atom. The topological polar surface area (TPSA) is 62.6 Å². The first kappa shape index (κ1) is 16.2. The van der Waals surface area contributed by atoms with Crippen LogP contribution in [-0.2, 0) is 4.79 Å². The van der Waals surface area contributed by atoms with Gasteiger partial charge in [0, 0.05) is 24.7 Å². The molecule has 5 nitrogen and oxygen atoms in total. The molecule has 2 heterocycles. The van der Waals surface area contributed by atoms with Gasteiger partial charge in [0.15, 0.2) is 5.76 Å². The Balaban J connectivity index is 1.56. The molecule has 0 radical (unpaired) electrons. The number of hydrogen-bond acceptors (Lipinski definition) is 3. The van der Waals surface area contributed by atoms with E-state index in [4.69, 9.17) is 4.42 Å². The molecule has 1 aromatic carbocycles. The molecule has 126 valence electrons. The highest BCUT2D eigenvalue weighted by Gasteiger charge is 2.28. The van der Waals surface area contributed by atoms with Crippen molar-refractivity contribution in [2.75, 3.05) is 18.4 Å². The minimum absolute atomic E-state index is 0.0881. The van der Waals surface area contributed by atoms with E-state index in [1.54, 1.807) is 30.0 Å². The molecule has 6 heteroatoms. The van der Waals surface area contributed by atoms with E-state index < -0.39 is 0 Å². The largest absolute Gasteiger partial charge is 0.459 e. The van der Waals surface area contributed by atoms with Gasteiger partial charge in [-0.2, -0.15) is 0 Å². The number of hydrogen-bond donors (Lipinski definition) is 1. The number of carbonyl (C=O) groups excluding carboxylic acids is 2. The van der Waals surface area contributed by atoms with Gasteiger partial charge in [0.1, 0.15) is 5.82 Å². The second-order valence-corrected chi connectivity index (χ2v) is 5.99. The zero-order chi connectivity index (χ0) is 17.1. The van der Waals surface area contributed by atoms with Crippen molar-refractivity contribution >= 4 is 17.5 Å². The lowest BCUT2D eigenvalue weighted by Gasteiger charge is -2.30. The quantitative estimate of drug-likeness (QED) is 0.940. The number of nitrogens with zero attached hydrogens (tertiary/aromatic N) is 1. The van der Waals surface area contributed by atoms with Crippen LogP contribution in [0.15, 0.2) is 41.0 Å². The highest BCUT2D eigenvalue weighted by atomic mass is 19.1. The number of piperidine rings is 1. The Bertz CT molecular complexity index is 735. The number of furan rings is 1. The predicted octanol–water partition coefficient (Wildman–Crippen LogP) is 3.22. The van der Waals surface area contributed by atoms with E-state index in [9.17, 15) is 14.0 Å². The van der Waals surface area contributed by atoms with Crippen LogP contribution in [0.2, 0.25) is 0 Å². The number of amides is 2. The summed E-state index contributed by atoms with van der Waals surface area (Å²) >= 11 is 0. The van der Waals surface area contributed by atoms with Crippen LogP contribution in [0.4, 0.5) is 10.1 Å². The highest BCUT2D eigenvalue weighted by Crippen LogP contribution is 2.22. The first-order chi connectivity index (χ1) is 11.5. The molecular formula is C18H19FN2O3. The Kier molecular flexibility index (Phi) is 4.64. The standard InChI is InChI=1S/C18H19FN2O3/c1-12-11-14(19)4-5-15(12)20-17(22)13-6-8-21(9-7-13)18(23)16-3-2-10-24-16/h2-5,10-11,13H,6-9H2,1H3,(H,20,22). The van der Waals surface area contributed by atoms with Crippen LogP contribution < -0.4 is 5.32 Å². The number of carbonyl (C=O) groups is 2. The third-order valence-corrected chi connectivity index (χ3v) is 4.33. The highest BCUT2D eigenvalue weighted by molar-refractivity contribution is 5.94. The van der Waals surface area contributed by atoms with Gasteiger partial charge in [-0.05, 0) is 55.7 Å². The summed E-state index contributed by atoms with van der Waals surface area (Å²) in [5.74, 6) is -0.395. The molecule has 0 spiro atoms. The average molecular weight is 330 g/mol. The molecule has 24 heavy (non-hydrogen) atoms. The number of benzene rings is 1. The Labute approximate surface area is 139 Å². The van der Waals surface area contributed by atoms with Gasteiger partial charge in [0.2, 0.25) is 5.91 Å². The summed E-state index contributed by atoms with van der Waals surface area (Å²) in [4.78, 5) is 26.3. The van der Waals surface area contributed by atoms with Crippen LogP contribution in [0, 0.1) is 18.7 Å². The van der Waals surface area contributed by atoms with Crippen LogP contribution in [0.5, 0.6) is 0 Å². The van der Waals surface area contributed by atoms with Gasteiger partial charge >= 0.3 is 0 Å². The number of rotatable bonds is 3. The molecule has 0 saturated carbocycles. The zero-order valence-electron chi connectivity index (χ0n) is 13.4. The lowest BCUT2D eigenvalue weighted by atomic mass is 9.95. The van der Waals surface area contributed by atoms with E-state index in [-0.39, 0.29) is 23.5 Å². The number of anilines is 1. The molecule has 0 aliphatic carbocycles. The number of likely N-dealkylation sites (tertiary alicyclic amines) is 1. The van der Waals surface area contributed by atoms with Gasteiger partial charge < -0.3 is 14.6 Å². The van der Waals surface area contributed by atoms with Crippen molar-refractivity contribution in [3.63, 3.8) is 0 Å².